The fourth-order valence-electron chi connectivity index (χ4n) is 2.16. The molecule has 0 spiro atoms. The van der Waals surface area contributed by atoms with Gasteiger partial charge >= 0.3 is 0 Å². The van der Waals surface area contributed by atoms with E-state index in [0.29, 0.717) is 30.9 Å². The summed E-state index contributed by atoms with van der Waals surface area (Å²) in [7, 11) is 0. The van der Waals surface area contributed by atoms with Crippen LogP contribution in [-0.2, 0) is 11.3 Å². The van der Waals surface area contributed by atoms with Crippen LogP contribution in [-0.4, -0.2) is 22.2 Å². The molecule has 0 radical (unpaired) electrons. The van der Waals surface area contributed by atoms with E-state index < -0.39 is 0 Å². The van der Waals surface area contributed by atoms with Crippen molar-refractivity contribution in [3.63, 3.8) is 0 Å². The van der Waals surface area contributed by atoms with Crippen molar-refractivity contribution >= 4 is 11.7 Å². The summed E-state index contributed by atoms with van der Waals surface area (Å²) in [5.41, 5.74) is 0.357. The predicted octanol–water partition coefficient (Wildman–Crippen LogP) is 1.21. The van der Waals surface area contributed by atoms with E-state index in [0.717, 1.165) is 0 Å². The highest BCUT2D eigenvalue weighted by Gasteiger charge is 2.32. The topological polar surface area (TPSA) is 85.7 Å². The van der Waals surface area contributed by atoms with Crippen molar-refractivity contribution in [3.05, 3.63) is 24.4 Å². The van der Waals surface area contributed by atoms with Gasteiger partial charge in [-0.2, -0.15) is 15.6 Å². The summed E-state index contributed by atoms with van der Waals surface area (Å²) in [6, 6.07) is 4.07. The first kappa shape index (κ1) is 12.8. The number of nitriles is 2. The van der Waals surface area contributed by atoms with Gasteiger partial charge < -0.3 is 0 Å². The van der Waals surface area contributed by atoms with Gasteiger partial charge in [0.05, 0.1) is 25.2 Å². The van der Waals surface area contributed by atoms with E-state index in [9.17, 15) is 4.79 Å². The number of hydrogen-bond acceptors (Lipinski definition) is 4. The molecule has 0 N–H and O–H groups in total. The summed E-state index contributed by atoms with van der Waals surface area (Å²) in [6.45, 7) is 4.58. The number of carbonyl (C=O) groups excluding carboxylic acids is 1. The molecule has 0 bridgehead atoms. The minimum atomic E-state index is -0.0416. The Morgan fingerprint density at radius 2 is 2.37 bits per heavy atom. The lowest BCUT2D eigenvalue weighted by atomic mass is 10.1. The zero-order chi connectivity index (χ0) is 13.8. The standard InChI is InChI=1S/C13H13N5O/c1-2-10-6-12(19)17(9-10)13-11(7-15)8-16-18(13)5-3-4-14/h2,8,10H,1,3,5-6,9H2. The van der Waals surface area contributed by atoms with E-state index in [2.05, 4.69) is 11.7 Å². The molecule has 1 unspecified atom stereocenters. The predicted molar refractivity (Wildman–Crippen MR) is 67.8 cm³/mol. The average molecular weight is 255 g/mol. The van der Waals surface area contributed by atoms with E-state index in [1.807, 2.05) is 12.1 Å². The molecule has 2 rings (SSSR count). The van der Waals surface area contributed by atoms with Crippen LogP contribution in [0, 0.1) is 28.6 Å². The second-order valence-electron chi connectivity index (χ2n) is 4.33. The summed E-state index contributed by atoms with van der Waals surface area (Å²) in [6.07, 6.45) is 3.87. The lowest BCUT2D eigenvalue weighted by molar-refractivity contribution is -0.117. The van der Waals surface area contributed by atoms with Crippen molar-refractivity contribution < 1.29 is 4.79 Å². The third-order valence-corrected chi connectivity index (χ3v) is 3.11. The van der Waals surface area contributed by atoms with Crippen molar-refractivity contribution in [2.75, 3.05) is 11.4 Å². The minimum Gasteiger partial charge on any atom is -0.295 e. The summed E-state index contributed by atoms with van der Waals surface area (Å²) >= 11 is 0. The van der Waals surface area contributed by atoms with Crippen molar-refractivity contribution in [2.45, 2.75) is 19.4 Å². The van der Waals surface area contributed by atoms with Crippen molar-refractivity contribution in [3.8, 4) is 12.1 Å². The third-order valence-electron chi connectivity index (χ3n) is 3.11. The fourth-order valence-corrected chi connectivity index (χ4v) is 2.16. The normalized spacial score (nSPS) is 18.1. The van der Waals surface area contributed by atoms with E-state index in [-0.39, 0.29) is 18.2 Å². The quantitative estimate of drug-likeness (QED) is 0.757. The molecule has 1 fully saturated rings. The van der Waals surface area contributed by atoms with Gasteiger partial charge in [-0.1, -0.05) is 6.08 Å². The van der Waals surface area contributed by atoms with Crippen LogP contribution in [0.1, 0.15) is 18.4 Å². The molecule has 1 aromatic heterocycles. The zero-order valence-electron chi connectivity index (χ0n) is 10.4. The summed E-state index contributed by atoms with van der Waals surface area (Å²) in [5.74, 6) is 0.547. The lowest BCUT2D eigenvalue weighted by Crippen LogP contribution is -2.28. The first-order valence-corrected chi connectivity index (χ1v) is 5.97. The van der Waals surface area contributed by atoms with Crippen LogP contribution in [0.25, 0.3) is 0 Å². The zero-order valence-corrected chi connectivity index (χ0v) is 10.4. The maximum Gasteiger partial charge on any atom is 0.228 e. The Morgan fingerprint density at radius 1 is 1.58 bits per heavy atom. The molecule has 6 nitrogen and oxygen atoms in total. The van der Waals surface area contributed by atoms with Gasteiger partial charge in [0.1, 0.15) is 11.6 Å². The number of rotatable bonds is 4. The van der Waals surface area contributed by atoms with Crippen LogP contribution in [0.4, 0.5) is 5.82 Å². The highest BCUT2D eigenvalue weighted by molar-refractivity contribution is 5.96. The van der Waals surface area contributed by atoms with E-state index in [1.54, 1.807) is 15.7 Å². The number of nitrogens with zero attached hydrogens (tertiary/aromatic N) is 5. The number of carbonyl (C=O) groups is 1. The molecule has 1 aromatic rings. The highest BCUT2D eigenvalue weighted by atomic mass is 16.2. The van der Waals surface area contributed by atoms with Gasteiger partial charge in [0.2, 0.25) is 5.91 Å². The van der Waals surface area contributed by atoms with Crippen LogP contribution in [0.15, 0.2) is 18.9 Å². The molecule has 0 saturated carbocycles. The Bertz CT molecular complexity index is 589. The van der Waals surface area contributed by atoms with Crippen LogP contribution in [0.3, 0.4) is 0 Å². The van der Waals surface area contributed by atoms with Gasteiger partial charge in [-0.05, 0) is 0 Å². The van der Waals surface area contributed by atoms with Gasteiger partial charge in [-0.25, -0.2) is 4.68 Å². The monoisotopic (exact) mass is 255 g/mol. The van der Waals surface area contributed by atoms with E-state index in [4.69, 9.17) is 10.5 Å². The Balaban J connectivity index is 2.35. The van der Waals surface area contributed by atoms with Gasteiger partial charge in [-0.3, -0.25) is 9.69 Å². The maximum absolute atomic E-state index is 12.0. The summed E-state index contributed by atoms with van der Waals surface area (Å²) < 4.78 is 1.55. The summed E-state index contributed by atoms with van der Waals surface area (Å²) in [5, 5.41) is 21.8. The first-order chi connectivity index (χ1) is 9.21. The maximum atomic E-state index is 12.0. The second kappa shape index (κ2) is 5.36. The molecule has 2 heterocycles. The van der Waals surface area contributed by atoms with Gasteiger partial charge in [-0.15, -0.1) is 6.58 Å². The summed E-state index contributed by atoms with van der Waals surface area (Å²) in [4.78, 5) is 13.6. The van der Waals surface area contributed by atoms with Gasteiger partial charge in [0, 0.05) is 18.9 Å². The molecule has 19 heavy (non-hydrogen) atoms. The van der Waals surface area contributed by atoms with Crippen LogP contribution in [0.5, 0.6) is 0 Å². The number of amides is 1. The molecular formula is C13H13N5O. The van der Waals surface area contributed by atoms with Gasteiger partial charge in [0.25, 0.3) is 0 Å². The van der Waals surface area contributed by atoms with Gasteiger partial charge in [0.15, 0.2) is 5.82 Å². The first-order valence-electron chi connectivity index (χ1n) is 5.97. The average Bonchev–Trinajstić information content (AvgIpc) is 2.98. The Hall–Kier alpha value is -2.60. The van der Waals surface area contributed by atoms with Crippen molar-refractivity contribution in [2.24, 2.45) is 5.92 Å². The van der Waals surface area contributed by atoms with E-state index >= 15 is 0 Å². The van der Waals surface area contributed by atoms with Crippen LogP contribution in [0.2, 0.25) is 0 Å². The number of aromatic nitrogens is 2. The molecule has 1 atom stereocenters. The Morgan fingerprint density at radius 3 is 2.95 bits per heavy atom. The molecule has 1 aliphatic heterocycles. The lowest BCUT2D eigenvalue weighted by Gasteiger charge is -2.17. The number of aryl methyl sites for hydroxylation is 1. The van der Waals surface area contributed by atoms with Crippen LogP contribution >= 0.6 is 0 Å². The highest BCUT2D eigenvalue weighted by Crippen LogP contribution is 2.28. The molecular weight excluding hydrogens is 242 g/mol. The Labute approximate surface area is 111 Å². The number of hydrogen-bond donors (Lipinski definition) is 0. The molecule has 0 aliphatic carbocycles. The Kier molecular flexibility index (Phi) is 3.63. The van der Waals surface area contributed by atoms with E-state index in [1.165, 1.54) is 6.20 Å². The molecule has 6 heteroatoms. The molecule has 96 valence electrons. The SMILES string of the molecule is C=CC1CC(=O)N(c2c(C#N)cnn2CCC#N)C1. The van der Waals surface area contributed by atoms with Crippen molar-refractivity contribution in [1.82, 2.24) is 9.78 Å². The number of anilines is 1. The fraction of sp³-hybridized carbons (Fsp3) is 0.385. The molecule has 0 aromatic carbocycles. The van der Waals surface area contributed by atoms with Crippen molar-refractivity contribution in [1.29, 1.82) is 10.5 Å². The molecule has 1 amide bonds. The second-order valence-corrected chi connectivity index (χ2v) is 4.33. The minimum absolute atomic E-state index is 0.0416. The molecule has 1 saturated heterocycles. The third kappa shape index (κ3) is 2.34. The largest absolute Gasteiger partial charge is 0.295 e. The van der Waals surface area contributed by atoms with Crippen LogP contribution < -0.4 is 4.90 Å². The molecule has 1 aliphatic rings. The smallest absolute Gasteiger partial charge is 0.228 e.